The molecule has 4 heteroatoms. The van der Waals surface area contributed by atoms with E-state index in [0.29, 0.717) is 6.42 Å². The van der Waals surface area contributed by atoms with Crippen LogP contribution in [0.4, 0.5) is 0 Å². The Kier molecular flexibility index (Phi) is 4.79. The highest BCUT2D eigenvalue weighted by Gasteiger charge is 2.42. The molecule has 2 atom stereocenters. The molecule has 0 spiro atoms. The summed E-state index contributed by atoms with van der Waals surface area (Å²) < 4.78 is 0. The first-order valence-corrected chi connectivity index (χ1v) is 9.49. The number of rotatable bonds is 4. The van der Waals surface area contributed by atoms with Crippen LogP contribution >= 0.6 is 0 Å². The number of fused-ring (bicyclic) bond motifs is 1. The summed E-state index contributed by atoms with van der Waals surface area (Å²) in [6.07, 6.45) is 2.47. The molecule has 2 unspecified atom stereocenters. The summed E-state index contributed by atoms with van der Waals surface area (Å²) in [6, 6.07) is 17.9. The van der Waals surface area contributed by atoms with Gasteiger partial charge in [-0.1, -0.05) is 54.6 Å². The lowest BCUT2D eigenvalue weighted by molar-refractivity contribution is -0.134. The minimum atomic E-state index is -0.620. The normalized spacial score (nSPS) is 24.0. The van der Waals surface area contributed by atoms with Crippen molar-refractivity contribution in [3.05, 3.63) is 71.3 Å². The summed E-state index contributed by atoms with van der Waals surface area (Å²) in [6.45, 7) is 1.71. The predicted molar refractivity (Wildman–Crippen MR) is 102 cm³/mol. The van der Waals surface area contributed by atoms with Crippen molar-refractivity contribution in [2.45, 2.75) is 37.8 Å². The minimum Gasteiger partial charge on any atom is -0.386 e. The first-order chi connectivity index (χ1) is 12.7. The summed E-state index contributed by atoms with van der Waals surface area (Å²) in [7, 11) is 0. The lowest BCUT2D eigenvalue weighted by Crippen LogP contribution is -2.52. The molecule has 1 saturated heterocycles. The van der Waals surface area contributed by atoms with Gasteiger partial charge in [-0.2, -0.15) is 0 Å². The molecule has 0 bridgehead atoms. The molecule has 26 heavy (non-hydrogen) atoms. The van der Waals surface area contributed by atoms with Crippen molar-refractivity contribution in [2.24, 2.45) is 5.41 Å². The lowest BCUT2D eigenvalue weighted by atomic mass is 9.73. The van der Waals surface area contributed by atoms with Gasteiger partial charge in [-0.15, -0.1) is 0 Å². The molecule has 2 aromatic rings. The molecular weight excluding hydrogens is 324 g/mol. The van der Waals surface area contributed by atoms with Gasteiger partial charge < -0.3 is 15.7 Å². The van der Waals surface area contributed by atoms with Gasteiger partial charge in [0.05, 0.1) is 17.6 Å². The first kappa shape index (κ1) is 17.3. The Morgan fingerprint density at radius 1 is 1.08 bits per heavy atom. The second kappa shape index (κ2) is 7.22. The smallest absolute Gasteiger partial charge is 0.226 e. The number of nitrogens with one attached hydrogen (secondary N) is 2. The number of hydrogen-bond donors (Lipinski definition) is 3. The van der Waals surface area contributed by atoms with Crippen molar-refractivity contribution in [3.63, 3.8) is 0 Å². The quantitative estimate of drug-likeness (QED) is 0.793. The van der Waals surface area contributed by atoms with Gasteiger partial charge >= 0.3 is 0 Å². The van der Waals surface area contributed by atoms with Crippen LogP contribution in [0.3, 0.4) is 0 Å². The van der Waals surface area contributed by atoms with Crippen LogP contribution in [0.15, 0.2) is 54.6 Å². The van der Waals surface area contributed by atoms with Crippen LogP contribution in [0.5, 0.6) is 0 Å². The van der Waals surface area contributed by atoms with Crippen molar-refractivity contribution < 1.29 is 9.90 Å². The van der Waals surface area contributed by atoms with Crippen LogP contribution in [-0.4, -0.2) is 30.1 Å². The van der Waals surface area contributed by atoms with Gasteiger partial charge in [0, 0.05) is 0 Å². The Labute approximate surface area is 154 Å². The summed E-state index contributed by atoms with van der Waals surface area (Å²) in [4.78, 5) is 13.3. The average Bonchev–Trinajstić information content (AvgIpc) is 2.99. The van der Waals surface area contributed by atoms with Crippen molar-refractivity contribution in [1.82, 2.24) is 10.6 Å². The van der Waals surface area contributed by atoms with Crippen molar-refractivity contribution >= 4 is 5.91 Å². The highest BCUT2D eigenvalue weighted by atomic mass is 16.3. The first-order valence-electron chi connectivity index (χ1n) is 9.49. The SMILES string of the molecule is O=C(NC1Cc2ccccc2C1O)C1(Cc2ccccc2)CCNCC1. The van der Waals surface area contributed by atoms with E-state index in [1.54, 1.807) is 0 Å². The van der Waals surface area contributed by atoms with E-state index in [4.69, 9.17) is 0 Å². The fraction of sp³-hybridized carbons (Fsp3) is 0.409. The van der Waals surface area contributed by atoms with Crippen LogP contribution in [-0.2, 0) is 17.6 Å². The van der Waals surface area contributed by atoms with Gasteiger partial charge in [0.1, 0.15) is 0 Å². The van der Waals surface area contributed by atoms with Crippen molar-refractivity contribution in [1.29, 1.82) is 0 Å². The van der Waals surface area contributed by atoms with E-state index in [9.17, 15) is 9.90 Å². The van der Waals surface area contributed by atoms with Crippen molar-refractivity contribution in [2.75, 3.05) is 13.1 Å². The molecular formula is C22H26N2O2. The highest BCUT2D eigenvalue weighted by molar-refractivity contribution is 5.83. The van der Waals surface area contributed by atoms with Gasteiger partial charge in [-0.3, -0.25) is 4.79 Å². The molecule has 136 valence electrons. The van der Waals surface area contributed by atoms with Gasteiger partial charge in [-0.25, -0.2) is 0 Å². The Bertz CT molecular complexity index is 769. The third-order valence-corrected chi connectivity index (χ3v) is 5.94. The van der Waals surface area contributed by atoms with Gasteiger partial charge in [-0.05, 0) is 55.5 Å². The molecule has 4 rings (SSSR count). The van der Waals surface area contributed by atoms with Crippen LogP contribution in [0.1, 0.15) is 35.6 Å². The summed E-state index contributed by atoms with van der Waals surface area (Å²) in [5.41, 5.74) is 2.87. The van der Waals surface area contributed by atoms with Crippen LogP contribution < -0.4 is 10.6 Å². The third-order valence-electron chi connectivity index (χ3n) is 5.94. The monoisotopic (exact) mass is 350 g/mol. The zero-order valence-corrected chi connectivity index (χ0v) is 14.9. The van der Waals surface area contributed by atoms with E-state index in [1.807, 2.05) is 42.5 Å². The zero-order chi connectivity index (χ0) is 18.0. The molecule has 0 radical (unpaired) electrons. The zero-order valence-electron chi connectivity index (χ0n) is 14.9. The lowest BCUT2D eigenvalue weighted by Gasteiger charge is -2.37. The largest absolute Gasteiger partial charge is 0.386 e. The number of amides is 1. The third kappa shape index (κ3) is 3.27. The van der Waals surface area contributed by atoms with Crippen LogP contribution in [0.25, 0.3) is 0 Å². The number of carbonyl (C=O) groups excluding carboxylic acids is 1. The summed E-state index contributed by atoms with van der Waals surface area (Å²) >= 11 is 0. The molecule has 0 aromatic heterocycles. The summed E-state index contributed by atoms with van der Waals surface area (Å²) in [5.74, 6) is 0.0831. The fourth-order valence-corrected chi connectivity index (χ4v) is 4.40. The van der Waals surface area contributed by atoms with E-state index in [1.165, 1.54) is 5.56 Å². The fourth-order valence-electron chi connectivity index (χ4n) is 4.40. The Morgan fingerprint density at radius 3 is 2.50 bits per heavy atom. The number of carbonyl (C=O) groups is 1. The average molecular weight is 350 g/mol. The van der Waals surface area contributed by atoms with E-state index >= 15 is 0 Å². The number of piperidine rings is 1. The van der Waals surface area contributed by atoms with E-state index in [2.05, 4.69) is 22.8 Å². The van der Waals surface area contributed by atoms with Gasteiger partial charge in [0.15, 0.2) is 0 Å². The molecule has 1 aliphatic heterocycles. The van der Waals surface area contributed by atoms with Crippen LogP contribution in [0, 0.1) is 5.41 Å². The topological polar surface area (TPSA) is 61.4 Å². The Balaban J connectivity index is 1.52. The van der Waals surface area contributed by atoms with Crippen LogP contribution in [0.2, 0.25) is 0 Å². The minimum absolute atomic E-state index is 0.0831. The highest BCUT2D eigenvalue weighted by Crippen LogP contribution is 2.36. The standard InChI is InChI=1S/C22H26N2O2/c25-20-18-9-5-4-8-17(18)14-19(20)24-21(26)22(10-12-23-13-11-22)15-16-6-2-1-3-7-16/h1-9,19-20,23,25H,10-15H2,(H,24,26). The second-order valence-corrected chi connectivity index (χ2v) is 7.62. The number of aliphatic hydroxyl groups excluding tert-OH is 1. The maximum atomic E-state index is 13.3. The summed E-state index contributed by atoms with van der Waals surface area (Å²) in [5, 5.41) is 17.2. The number of hydrogen-bond acceptors (Lipinski definition) is 3. The molecule has 4 nitrogen and oxygen atoms in total. The second-order valence-electron chi connectivity index (χ2n) is 7.62. The van der Waals surface area contributed by atoms with Gasteiger partial charge in [0.2, 0.25) is 5.91 Å². The van der Waals surface area contributed by atoms with E-state index in [0.717, 1.165) is 43.5 Å². The Hall–Kier alpha value is -2.17. The van der Waals surface area contributed by atoms with Crippen molar-refractivity contribution in [3.8, 4) is 0 Å². The molecule has 2 aromatic carbocycles. The molecule has 0 saturated carbocycles. The van der Waals surface area contributed by atoms with E-state index < -0.39 is 11.5 Å². The Morgan fingerprint density at radius 2 is 1.77 bits per heavy atom. The maximum absolute atomic E-state index is 13.3. The number of benzene rings is 2. The van der Waals surface area contributed by atoms with Gasteiger partial charge in [0.25, 0.3) is 0 Å². The molecule has 3 N–H and O–H groups in total. The molecule has 1 amide bonds. The predicted octanol–water partition coefficient (Wildman–Crippen LogP) is 2.37. The maximum Gasteiger partial charge on any atom is 0.226 e. The van der Waals surface area contributed by atoms with E-state index in [-0.39, 0.29) is 11.9 Å². The molecule has 1 fully saturated rings. The number of aliphatic hydroxyl groups is 1. The molecule has 1 heterocycles. The molecule has 1 aliphatic carbocycles. The molecule has 2 aliphatic rings.